The first-order valence-electron chi connectivity index (χ1n) is 6.98. The summed E-state index contributed by atoms with van der Waals surface area (Å²) in [5.41, 5.74) is 1.68. The van der Waals surface area contributed by atoms with Crippen LogP contribution in [0.2, 0.25) is 0 Å². The largest absolute Gasteiger partial charge is 0.384 e. The van der Waals surface area contributed by atoms with Crippen molar-refractivity contribution in [3.05, 3.63) is 41.4 Å². The van der Waals surface area contributed by atoms with Gasteiger partial charge in [-0.3, -0.25) is 14.6 Å². The number of hydrogen-bond acceptors (Lipinski definition) is 4. The summed E-state index contributed by atoms with van der Waals surface area (Å²) in [6.45, 7) is 5.43. The fourth-order valence-corrected chi connectivity index (χ4v) is 2.82. The number of nitrogens with zero attached hydrogens (tertiary/aromatic N) is 2. The Morgan fingerprint density at radius 1 is 1.43 bits per heavy atom. The molecule has 1 aromatic rings. The molecule has 3 rings (SSSR count). The molecule has 0 spiro atoms. The number of pyridine rings is 1. The second-order valence-corrected chi connectivity index (χ2v) is 5.83. The van der Waals surface area contributed by atoms with Crippen LogP contribution in [0.3, 0.4) is 0 Å². The maximum Gasteiger partial charge on any atom is 0.255 e. The summed E-state index contributed by atoms with van der Waals surface area (Å²) < 4.78 is 0. The lowest BCUT2D eigenvalue weighted by atomic mass is 10.0. The third-order valence-corrected chi connectivity index (χ3v) is 3.86. The number of rotatable bonds is 1. The second kappa shape index (κ2) is 4.87. The Labute approximate surface area is 123 Å². The van der Waals surface area contributed by atoms with Gasteiger partial charge in [0.2, 0.25) is 0 Å². The van der Waals surface area contributed by atoms with Gasteiger partial charge < -0.3 is 15.5 Å². The Bertz CT molecular complexity index is 622. The summed E-state index contributed by atoms with van der Waals surface area (Å²) >= 11 is 0. The Morgan fingerprint density at radius 3 is 2.95 bits per heavy atom. The van der Waals surface area contributed by atoms with E-state index in [4.69, 9.17) is 0 Å². The smallest absolute Gasteiger partial charge is 0.255 e. The van der Waals surface area contributed by atoms with Crippen LogP contribution in [0.5, 0.6) is 0 Å². The van der Waals surface area contributed by atoms with E-state index in [2.05, 4.69) is 15.6 Å². The standard InChI is InChI=1S/C15H18N4O2/c1-15(2)12-11(13(20)18-15)9-19(7-6-17-12)14(21)10-4-3-5-16-8-10/h3-5,8,17H,6-7,9H2,1-2H3,(H,18,20). The molecule has 2 aliphatic rings. The highest BCUT2D eigenvalue weighted by Crippen LogP contribution is 2.26. The fraction of sp³-hybridized carbons (Fsp3) is 0.400. The molecule has 0 bridgehead atoms. The maximum absolute atomic E-state index is 12.5. The average Bonchev–Trinajstić information content (AvgIpc) is 2.64. The summed E-state index contributed by atoms with van der Waals surface area (Å²) in [6.07, 6.45) is 3.18. The van der Waals surface area contributed by atoms with Gasteiger partial charge in [0.25, 0.3) is 11.8 Å². The van der Waals surface area contributed by atoms with E-state index in [1.54, 1.807) is 29.4 Å². The zero-order chi connectivity index (χ0) is 15.0. The molecule has 6 nitrogen and oxygen atoms in total. The quantitative estimate of drug-likeness (QED) is 0.778. The molecule has 2 aliphatic heterocycles. The van der Waals surface area contributed by atoms with Crippen LogP contribution in [-0.2, 0) is 4.79 Å². The van der Waals surface area contributed by atoms with Crippen molar-refractivity contribution in [2.24, 2.45) is 0 Å². The molecule has 110 valence electrons. The summed E-state index contributed by atoms with van der Waals surface area (Å²) in [4.78, 5) is 30.3. The maximum atomic E-state index is 12.5. The first kappa shape index (κ1) is 13.6. The number of nitrogens with one attached hydrogen (secondary N) is 2. The molecule has 3 heterocycles. The van der Waals surface area contributed by atoms with Crippen LogP contribution in [0.1, 0.15) is 24.2 Å². The van der Waals surface area contributed by atoms with Crippen LogP contribution in [0.4, 0.5) is 0 Å². The predicted octanol–water partition coefficient (Wildman–Crippen LogP) is 0.289. The number of amides is 2. The van der Waals surface area contributed by atoms with Gasteiger partial charge in [0, 0.05) is 31.2 Å². The molecule has 6 heteroatoms. The first-order chi connectivity index (χ1) is 9.99. The van der Waals surface area contributed by atoms with E-state index in [0.29, 0.717) is 30.8 Å². The van der Waals surface area contributed by atoms with E-state index < -0.39 is 5.54 Å². The molecule has 2 N–H and O–H groups in total. The van der Waals surface area contributed by atoms with Crippen molar-refractivity contribution in [1.29, 1.82) is 0 Å². The van der Waals surface area contributed by atoms with Crippen LogP contribution >= 0.6 is 0 Å². The number of carbonyl (C=O) groups excluding carboxylic acids is 2. The zero-order valence-electron chi connectivity index (χ0n) is 12.1. The fourth-order valence-electron chi connectivity index (χ4n) is 2.82. The molecule has 0 saturated carbocycles. The van der Waals surface area contributed by atoms with Crippen LogP contribution in [0, 0.1) is 0 Å². The van der Waals surface area contributed by atoms with Crippen molar-refractivity contribution in [1.82, 2.24) is 20.5 Å². The molecule has 21 heavy (non-hydrogen) atoms. The third-order valence-electron chi connectivity index (χ3n) is 3.86. The van der Waals surface area contributed by atoms with Crippen LogP contribution < -0.4 is 10.6 Å². The van der Waals surface area contributed by atoms with Crippen molar-refractivity contribution in [3.63, 3.8) is 0 Å². The Hall–Kier alpha value is -2.37. The molecular weight excluding hydrogens is 268 g/mol. The molecule has 1 aromatic heterocycles. The highest BCUT2D eigenvalue weighted by Gasteiger charge is 2.40. The number of hydrogen-bond donors (Lipinski definition) is 2. The summed E-state index contributed by atoms with van der Waals surface area (Å²) in [5, 5.41) is 6.22. The lowest BCUT2D eigenvalue weighted by molar-refractivity contribution is -0.117. The van der Waals surface area contributed by atoms with E-state index in [1.165, 1.54) is 0 Å². The van der Waals surface area contributed by atoms with Gasteiger partial charge in [0.1, 0.15) is 0 Å². The molecule has 0 saturated heterocycles. The molecule has 0 aromatic carbocycles. The molecule has 2 amide bonds. The van der Waals surface area contributed by atoms with Crippen molar-refractivity contribution >= 4 is 11.8 Å². The SMILES string of the molecule is CC1(C)NC(=O)C2=C1NCCN(C(=O)c1cccnc1)C2. The van der Waals surface area contributed by atoms with Crippen LogP contribution in [0.15, 0.2) is 35.8 Å². The summed E-state index contributed by atoms with van der Waals surface area (Å²) in [7, 11) is 0. The Morgan fingerprint density at radius 2 is 2.24 bits per heavy atom. The van der Waals surface area contributed by atoms with Gasteiger partial charge in [-0.1, -0.05) is 0 Å². The Kier molecular flexibility index (Phi) is 3.16. The monoisotopic (exact) mass is 286 g/mol. The van der Waals surface area contributed by atoms with Crippen LogP contribution in [0.25, 0.3) is 0 Å². The number of carbonyl (C=O) groups is 2. The third kappa shape index (κ3) is 2.37. The highest BCUT2D eigenvalue weighted by atomic mass is 16.2. The van der Waals surface area contributed by atoms with Gasteiger partial charge in [0.05, 0.1) is 23.2 Å². The van der Waals surface area contributed by atoms with Gasteiger partial charge in [-0.2, -0.15) is 0 Å². The van der Waals surface area contributed by atoms with Gasteiger partial charge >= 0.3 is 0 Å². The van der Waals surface area contributed by atoms with Crippen molar-refractivity contribution < 1.29 is 9.59 Å². The van der Waals surface area contributed by atoms with Gasteiger partial charge in [-0.25, -0.2) is 0 Å². The molecule has 0 radical (unpaired) electrons. The van der Waals surface area contributed by atoms with Crippen molar-refractivity contribution in [2.75, 3.05) is 19.6 Å². The van der Waals surface area contributed by atoms with Crippen molar-refractivity contribution in [3.8, 4) is 0 Å². The van der Waals surface area contributed by atoms with Crippen LogP contribution in [-0.4, -0.2) is 46.9 Å². The highest BCUT2D eigenvalue weighted by molar-refractivity contribution is 6.00. The predicted molar refractivity (Wildman–Crippen MR) is 77.4 cm³/mol. The van der Waals surface area contributed by atoms with E-state index >= 15 is 0 Å². The second-order valence-electron chi connectivity index (χ2n) is 5.83. The minimum atomic E-state index is -0.403. The summed E-state index contributed by atoms with van der Waals surface area (Å²) in [6, 6.07) is 3.47. The summed E-state index contributed by atoms with van der Waals surface area (Å²) in [5.74, 6) is -0.204. The topological polar surface area (TPSA) is 74.3 Å². The van der Waals surface area contributed by atoms with E-state index in [9.17, 15) is 9.59 Å². The van der Waals surface area contributed by atoms with Crippen molar-refractivity contribution in [2.45, 2.75) is 19.4 Å². The molecule has 0 unspecified atom stereocenters. The van der Waals surface area contributed by atoms with E-state index in [-0.39, 0.29) is 11.8 Å². The first-order valence-corrected chi connectivity index (χ1v) is 6.98. The van der Waals surface area contributed by atoms with Gasteiger partial charge in [-0.05, 0) is 26.0 Å². The lowest BCUT2D eigenvalue weighted by Gasteiger charge is -2.24. The lowest BCUT2D eigenvalue weighted by Crippen LogP contribution is -2.44. The zero-order valence-corrected chi connectivity index (χ0v) is 12.1. The van der Waals surface area contributed by atoms with Gasteiger partial charge in [-0.15, -0.1) is 0 Å². The average molecular weight is 286 g/mol. The van der Waals surface area contributed by atoms with Gasteiger partial charge in [0.15, 0.2) is 0 Å². The van der Waals surface area contributed by atoms with E-state index in [0.717, 1.165) is 5.70 Å². The Balaban J connectivity index is 1.88. The minimum Gasteiger partial charge on any atom is -0.384 e. The number of aromatic nitrogens is 1. The molecule has 0 aliphatic carbocycles. The van der Waals surface area contributed by atoms with E-state index in [1.807, 2.05) is 13.8 Å². The normalized spacial score (nSPS) is 20.5. The molecular formula is C15H18N4O2. The molecule has 0 fully saturated rings. The minimum absolute atomic E-state index is 0.101. The molecule has 0 atom stereocenters.